The van der Waals surface area contributed by atoms with E-state index in [4.69, 9.17) is 0 Å². The highest BCUT2D eigenvalue weighted by Crippen LogP contribution is 2.45. The van der Waals surface area contributed by atoms with Crippen molar-refractivity contribution >= 4 is 16.9 Å². The number of aliphatic hydroxyl groups excluding tert-OH is 1. The van der Waals surface area contributed by atoms with E-state index in [2.05, 4.69) is 15.4 Å². The summed E-state index contributed by atoms with van der Waals surface area (Å²) in [4.78, 5) is 14.6. The minimum absolute atomic E-state index is 0.0374. The van der Waals surface area contributed by atoms with Crippen LogP contribution in [0.2, 0.25) is 0 Å². The molecule has 2 N–H and O–H groups in total. The van der Waals surface area contributed by atoms with Crippen LogP contribution in [-0.4, -0.2) is 50.5 Å². The Labute approximate surface area is 128 Å². The van der Waals surface area contributed by atoms with Crippen LogP contribution in [0.4, 0.5) is 0 Å². The van der Waals surface area contributed by atoms with Crippen molar-refractivity contribution in [2.75, 3.05) is 7.05 Å². The van der Waals surface area contributed by atoms with Gasteiger partial charge in [0.25, 0.3) is 5.91 Å². The maximum absolute atomic E-state index is 12.7. The van der Waals surface area contributed by atoms with Crippen LogP contribution in [-0.2, 0) is 0 Å². The van der Waals surface area contributed by atoms with E-state index in [-0.39, 0.29) is 18.1 Å². The van der Waals surface area contributed by atoms with Crippen molar-refractivity contribution in [2.24, 2.45) is 11.8 Å². The summed E-state index contributed by atoms with van der Waals surface area (Å²) in [6.07, 6.45) is 3.68. The molecule has 2 aliphatic carbocycles. The first-order valence-corrected chi connectivity index (χ1v) is 7.87. The number of nitrogens with one attached hydrogen (secondary N) is 1. The SMILES string of the molecule is CN(C(=O)c1ccc2n[nH]nc2c1)C1C[C@H]2CC(O)C[C@H]2C1. The molecule has 0 radical (unpaired) electrons. The van der Waals surface area contributed by atoms with Crippen LogP contribution in [0.3, 0.4) is 0 Å². The Morgan fingerprint density at radius 2 is 1.86 bits per heavy atom. The van der Waals surface area contributed by atoms with Crippen LogP contribution >= 0.6 is 0 Å². The molecule has 22 heavy (non-hydrogen) atoms. The number of aromatic amines is 1. The third-order valence-electron chi connectivity index (χ3n) is 5.40. The molecule has 6 nitrogen and oxygen atoms in total. The van der Waals surface area contributed by atoms with E-state index in [0.29, 0.717) is 22.9 Å². The fraction of sp³-hybridized carbons (Fsp3) is 0.562. The second kappa shape index (κ2) is 5.05. The summed E-state index contributed by atoms with van der Waals surface area (Å²) in [6, 6.07) is 5.70. The molecule has 1 aromatic heterocycles. The third kappa shape index (κ3) is 2.18. The molecule has 2 aromatic rings. The molecule has 1 amide bonds. The quantitative estimate of drug-likeness (QED) is 0.882. The van der Waals surface area contributed by atoms with E-state index in [1.807, 2.05) is 24.1 Å². The molecule has 6 heteroatoms. The fourth-order valence-corrected chi connectivity index (χ4v) is 4.21. The zero-order valence-electron chi connectivity index (χ0n) is 12.6. The number of aliphatic hydroxyl groups is 1. The van der Waals surface area contributed by atoms with Gasteiger partial charge in [0.05, 0.1) is 6.10 Å². The van der Waals surface area contributed by atoms with Gasteiger partial charge < -0.3 is 10.0 Å². The van der Waals surface area contributed by atoms with E-state index in [1.165, 1.54) is 0 Å². The van der Waals surface area contributed by atoms with Crippen molar-refractivity contribution in [1.29, 1.82) is 0 Å². The molecule has 2 saturated carbocycles. The number of nitrogens with zero attached hydrogens (tertiary/aromatic N) is 3. The van der Waals surface area contributed by atoms with Crippen LogP contribution in [0.1, 0.15) is 36.0 Å². The first kappa shape index (κ1) is 13.7. The summed E-state index contributed by atoms with van der Waals surface area (Å²) < 4.78 is 0. The maximum atomic E-state index is 12.7. The molecule has 1 heterocycles. The number of carbonyl (C=O) groups is 1. The van der Waals surface area contributed by atoms with Crippen LogP contribution in [0.5, 0.6) is 0 Å². The van der Waals surface area contributed by atoms with Crippen molar-refractivity contribution < 1.29 is 9.90 Å². The minimum Gasteiger partial charge on any atom is -0.393 e. The Bertz CT molecular complexity index is 699. The predicted molar refractivity (Wildman–Crippen MR) is 81.2 cm³/mol. The number of hydrogen-bond donors (Lipinski definition) is 2. The maximum Gasteiger partial charge on any atom is 0.253 e. The average molecular weight is 300 g/mol. The topological polar surface area (TPSA) is 82.1 Å². The van der Waals surface area contributed by atoms with Gasteiger partial charge in [-0.3, -0.25) is 4.79 Å². The van der Waals surface area contributed by atoms with Crippen molar-refractivity contribution in [2.45, 2.75) is 37.8 Å². The summed E-state index contributed by atoms with van der Waals surface area (Å²) in [5.74, 6) is 1.19. The van der Waals surface area contributed by atoms with Gasteiger partial charge in [-0.1, -0.05) is 0 Å². The van der Waals surface area contributed by atoms with E-state index >= 15 is 0 Å². The van der Waals surface area contributed by atoms with Gasteiger partial charge >= 0.3 is 0 Å². The molecule has 4 atom stereocenters. The lowest BCUT2D eigenvalue weighted by Gasteiger charge is -2.25. The summed E-state index contributed by atoms with van der Waals surface area (Å²) in [7, 11) is 1.89. The van der Waals surface area contributed by atoms with Gasteiger partial charge in [0, 0.05) is 18.7 Å². The molecule has 2 aliphatic rings. The average Bonchev–Trinajstić information content (AvgIpc) is 3.18. The Hall–Kier alpha value is -1.95. The number of hydrogen-bond acceptors (Lipinski definition) is 4. The van der Waals surface area contributed by atoms with E-state index in [0.717, 1.165) is 31.2 Å². The van der Waals surface area contributed by atoms with Gasteiger partial charge in [0.2, 0.25) is 0 Å². The Balaban J connectivity index is 1.50. The van der Waals surface area contributed by atoms with E-state index in [1.54, 1.807) is 6.07 Å². The van der Waals surface area contributed by atoms with Crippen molar-refractivity contribution in [3.63, 3.8) is 0 Å². The number of rotatable bonds is 2. The van der Waals surface area contributed by atoms with Crippen LogP contribution in [0.15, 0.2) is 18.2 Å². The normalized spacial score (nSPS) is 30.6. The molecule has 1 aromatic carbocycles. The third-order valence-corrected chi connectivity index (χ3v) is 5.40. The Kier molecular flexibility index (Phi) is 3.14. The smallest absolute Gasteiger partial charge is 0.253 e. The molecule has 0 saturated heterocycles. The Morgan fingerprint density at radius 3 is 2.59 bits per heavy atom. The van der Waals surface area contributed by atoms with Gasteiger partial charge in [-0.2, -0.15) is 15.4 Å². The molecule has 4 rings (SSSR count). The zero-order chi connectivity index (χ0) is 15.3. The van der Waals surface area contributed by atoms with E-state index < -0.39 is 0 Å². The molecular weight excluding hydrogens is 280 g/mol. The van der Waals surface area contributed by atoms with Gasteiger partial charge in [-0.05, 0) is 55.7 Å². The van der Waals surface area contributed by atoms with Crippen molar-refractivity contribution in [3.05, 3.63) is 23.8 Å². The number of benzene rings is 1. The largest absolute Gasteiger partial charge is 0.393 e. The first-order chi connectivity index (χ1) is 10.6. The van der Waals surface area contributed by atoms with Gasteiger partial charge in [0.1, 0.15) is 11.0 Å². The molecular formula is C16H20N4O2. The lowest BCUT2D eigenvalue weighted by Crippen LogP contribution is -2.36. The highest BCUT2D eigenvalue weighted by atomic mass is 16.3. The lowest BCUT2D eigenvalue weighted by molar-refractivity contribution is 0.0722. The molecule has 0 aliphatic heterocycles. The highest BCUT2D eigenvalue weighted by Gasteiger charge is 2.43. The van der Waals surface area contributed by atoms with E-state index in [9.17, 15) is 9.90 Å². The number of aromatic nitrogens is 3. The monoisotopic (exact) mass is 300 g/mol. The van der Waals surface area contributed by atoms with Gasteiger partial charge in [-0.15, -0.1) is 0 Å². The fourth-order valence-electron chi connectivity index (χ4n) is 4.21. The van der Waals surface area contributed by atoms with Gasteiger partial charge in [0.15, 0.2) is 0 Å². The lowest BCUT2D eigenvalue weighted by atomic mass is 10.0. The molecule has 0 spiro atoms. The van der Waals surface area contributed by atoms with Crippen molar-refractivity contribution in [3.8, 4) is 0 Å². The molecule has 116 valence electrons. The molecule has 2 fully saturated rings. The Morgan fingerprint density at radius 1 is 1.18 bits per heavy atom. The number of carbonyl (C=O) groups excluding carboxylic acids is 1. The minimum atomic E-state index is -0.133. The second-order valence-electron chi connectivity index (χ2n) is 6.71. The number of fused-ring (bicyclic) bond motifs is 2. The number of H-pyrrole nitrogens is 1. The summed E-state index contributed by atoms with van der Waals surface area (Å²) >= 11 is 0. The van der Waals surface area contributed by atoms with Crippen LogP contribution in [0, 0.1) is 11.8 Å². The summed E-state index contributed by atoms with van der Waals surface area (Å²) in [5.41, 5.74) is 2.13. The van der Waals surface area contributed by atoms with Crippen LogP contribution in [0.25, 0.3) is 11.0 Å². The predicted octanol–water partition coefficient (Wildman–Crippen LogP) is 1.58. The highest BCUT2D eigenvalue weighted by molar-refractivity contribution is 5.97. The molecule has 2 unspecified atom stereocenters. The van der Waals surface area contributed by atoms with Crippen LogP contribution < -0.4 is 0 Å². The standard InChI is InChI=1S/C16H20N4O2/c1-20(12-4-10-6-13(21)7-11(10)5-12)16(22)9-2-3-14-15(8-9)18-19-17-14/h2-3,8,10-13,21H,4-7H2,1H3,(H,17,18,19)/t10-,11+,12?,13?. The summed E-state index contributed by atoms with van der Waals surface area (Å²) in [6.45, 7) is 0. The molecule has 0 bridgehead atoms. The number of amides is 1. The van der Waals surface area contributed by atoms with Crippen molar-refractivity contribution in [1.82, 2.24) is 20.3 Å². The summed E-state index contributed by atoms with van der Waals surface area (Å²) in [5, 5.41) is 20.3. The first-order valence-electron chi connectivity index (χ1n) is 7.87. The second-order valence-corrected chi connectivity index (χ2v) is 6.71. The zero-order valence-corrected chi connectivity index (χ0v) is 12.6. The van der Waals surface area contributed by atoms with Gasteiger partial charge in [-0.25, -0.2) is 0 Å².